The van der Waals surface area contributed by atoms with Crippen LogP contribution in [-0.2, 0) is 16.6 Å². The molecule has 1 aliphatic rings. The minimum atomic E-state index is -3.06. The number of piperidine rings is 1. The Bertz CT molecular complexity index is 508. The van der Waals surface area contributed by atoms with Gasteiger partial charge in [0.2, 0.25) is 10.0 Å². The third kappa shape index (κ3) is 4.15. The molecule has 0 aliphatic carbocycles. The Morgan fingerprint density at radius 2 is 2.11 bits per heavy atom. The first-order valence-corrected chi connectivity index (χ1v) is 8.12. The van der Waals surface area contributed by atoms with Crippen LogP contribution < -0.4 is 5.32 Å². The minimum absolute atomic E-state index is 0.158. The van der Waals surface area contributed by atoms with Gasteiger partial charge in [0.15, 0.2) is 0 Å². The van der Waals surface area contributed by atoms with Gasteiger partial charge in [0.05, 0.1) is 18.1 Å². The van der Waals surface area contributed by atoms with Crippen LogP contribution in [0.3, 0.4) is 0 Å². The van der Waals surface area contributed by atoms with Gasteiger partial charge in [-0.3, -0.25) is 4.98 Å². The summed E-state index contributed by atoms with van der Waals surface area (Å²) in [6, 6.07) is 3.69. The van der Waals surface area contributed by atoms with Crippen molar-refractivity contribution in [3.63, 3.8) is 0 Å². The number of hydrogen-bond donors (Lipinski definition) is 2. The number of nitrogens with zero attached hydrogens (tertiary/aromatic N) is 2. The Morgan fingerprint density at radius 3 is 2.63 bits per heavy atom. The number of rotatable bonds is 4. The fraction of sp³-hybridized carbons (Fsp3) is 0.583. The predicted molar refractivity (Wildman–Crippen MR) is 72.2 cm³/mol. The van der Waals surface area contributed by atoms with Gasteiger partial charge in [0.25, 0.3) is 0 Å². The van der Waals surface area contributed by atoms with Crippen LogP contribution in [0.5, 0.6) is 5.75 Å². The van der Waals surface area contributed by atoms with E-state index in [4.69, 9.17) is 5.11 Å². The summed E-state index contributed by atoms with van der Waals surface area (Å²) >= 11 is 0. The molecule has 1 aromatic rings. The van der Waals surface area contributed by atoms with E-state index in [1.54, 1.807) is 12.1 Å². The molecule has 106 valence electrons. The van der Waals surface area contributed by atoms with Crippen molar-refractivity contribution < 1.29 is 13.5 Å². The highest BCUT2D eigenvalue weighted by molar-refractivity contribution is 7.88. The topological polar surface area (TPSA) is 82.5 Å². The third-order valence-corrected chi connectivity index (χ3v) is 4.61. The maximum Gasteiger partial charge on any atom is 0.211 e. The van der Waals surface area contributed by atoms with Gasteiger partial charge in [-0.25, -0.2) is 12.7 Å². The maximum absolute atomic E-state index is 11.4. The molecule has 19 heavy (non-hydrogen) atoms. The lowest BCUT2D eigenvalue weighted by atomic mass is 10.1. The number of aromatic hydroxyl groups is 1. The van der Waals surface area contributed by atoms with E-state index < -0.39 is 10.0 Å². The van der Waals surface area contributed by atoms with Crippen LogP contribution in [0, 0.1) is 0 Å². The highest BCUT2D eigenvalue weighted by Gasteiger charge is 2.24. The van der Waals surface area contributed by atoms with Crippen molar-refractivity contribution in [2.24, 2.45) is 0 Å². The standard InChI is InChI=1S/C12H19N3O3S/c1-19(17,18)15-6-4-10(5-7-15)13-8-11-2-3-12(16)9-14-11/h2-3,9-10,13,16H,4-8H2,1H3. The summed E-state index contributed by atoms with van der Waals surface area (Å²) in [5.74, 6) is 0.158. The number of hydrogen-bond acceptors (Lipinski definition) is 5. The van der Waals surface area contributed by atoms with Crippen molar-refractivity contribution in [2.45, 2.75) is 25.4 Å². The molecule has 0 aromatic carbocycles. The third-order valence-electron chi connectivity index (χ3n) is 3.30. The molecule has 0 spiro atoms. The average Bonchev–Trinajstić information content (AvgIpc) is 2.37. The molecule has 0 atom stereocenters. The summed E-state index contributed by atoms with van der Waals surface area (Å²) in [7, 11) is -3.06. The number of nitrogens with one attached hydrogen (secondary N) is 1. The second kappa shape index (κ2) is 5.85. The Hall–Kier alpha value is -1.18. The molecule has 0 radical (unpaired) electrons. The molecular formula is C12H19N3O3S. The van der Waals surface area contributed by atoms with Gasteiger partial charge in [0, 0.05) is 25.7 Å². The Kier molecular flexibility index (Phi) is 4.38. The second-order valence-corrected chi connectivity index (χ2v) is 6.81. The zero-order chi connectivity index (χ0) is 13.9. The summed E-state index contributed by atoms with van der Waals surface area (Å²) in [5.41, 5.74) is 0.864. The molecule has 2 rings (SSSR count). The predicted octanol–water partition coefficient (Wildman–Crippen LogP) is 0.301. The van der Waals surface area contributed by atoms with Crippen LogP contribution in [0.1, 0.15) is 18.5 Å². The first kappa shape index (κ1) is 14.2. The number of pyridine rings is 1. The Balaban J connectivity index is 1.78. The molecule has 0 bridgehead atoms. The normalized spacial score (nSPS) is 18.6. The van der Waals surface area contributed by atoms with Crippen molar-refractivity contribution in [2.75, 3.05) is 19.3 Å². The SMILES string of the molecule is CS(=O)(=O)N1CCC(NCc2ccc(O)cn2)CC1. The fourth-order valence-corrected chi connectivity index (χ4v) is 3.04. The zero-order valence-electron chi connectivity index (χ0n) is 10.9. The van der Waals surface area contributed by atoms with E-state index in [0.29, 0.717) is 25.7 Å². The molecule has 0 unspecified atom stereocenters. The molecule has 1 saturated heterocycles. The minimum Gasteiger partial charge on any atom is -0.506 e. The van der Waals surface area contributed by atoms with Crippen molar-refractivity contribution in [3.05, 3.63) is 24.0 Å². The number of aromatic nitrogens is 1. The largest absolute Gasteiger partial charge is 0.506 e. The van der Waals surface area contributed by atoms with E-state index in [1.807, 2.05) is 0 Å². The molecule has 1 fully saturated rings. The van der Waals surface area contributed by atoms with E-state index in [-0.39, 0.29) is 5.75 Å². The smallest absolute Gasteiger partial charge is 0.211 e. The van der Waals surface area contributed by atoms with Gasteiger partial charge in [-0.15, -0.1) is 0 Å². The lowest BCUT2D eigenvalue weighted by Gasteiger charge is -2.30. The molecule has 0 amide bonds. The van der Waals surface area contributed by atoms with Crippen LogP contribution in [0.25, 0.3) is 0 Å². The number of sulfonamides is 1. The maximum atomic E-state index is 11.4. The summed E-state index contributed by atoms with van der Waals surface area (Å²) in [4.78, 5) is 4.10. The van der Waals surface area contributed by atoms with Crippen molar-refractivity contribution >= 4 is 10.0 Å². The van der Waals surface area contributed by atoms with Crippen LogP contribution in [0.15, 0.2) is 18.3 Å². The highest BCUT2D eigenvalue weighted by Crippen LogP contribution is 2.14. The summed E-state index contributed by atoms with van der Waals surface area (Å²) in [5, 5.41) is 12.5. The highest BCUT2D eigenvalue weighted by atomic mass is 32.2. The summed E-state index contributed by atoms with van der Waals surface area (Å²) < 4.78 is 24.3. The summed E-state index contributed by atoms with van der Waals surface area (Å²) in [6.07, 6.45) is 4.29. The Morgan fingerprint density at radius 1 is 1.42 bits per heavy atom. The van der Waals surface area contributed by atoms with Crippen molar-refractivity contribution in [3.8, 4) is 5.75 Å². The van der Waals surface area contributed by atoms with Gasteiger partial charge in [0.1, 0.15) is 5.75 Å². The fourth-order valence-electron chi connectivity index (χ4n) is 2.16. The quantitative estimate of drug-likeness (QED) is 0.831. The van der Waals surface area contributed by atoms with Gasteiger partial charge < -0.3 is 10.4 Å². The van der Waals surface area contributed by atoms with Gasteiger partial charge in [-0.2, -0.15) is 0 Å². The van der Waals surface area contributed by atoms with Crippen molar-refractivity contribution in [1.82, 2.24) is 14.6 Å². The van der Waals surface area contributed by atoms with Gasteiger partial charge in [-0.1, -0.05) is 0 Å². The lowest BCUT2D eigenvalue weighted by Crippen LogP contribution is -2.44. The second-order valence-electron chi connectivity index (χ2n) is 4.82. The molecule has 2 N–H and O–H groups in total. The molecule has 0 saturated carbocycles. The molecule has 7 heteroatoms. The van der Waals surface area contributed by atoms with Crippen LogP contribution in [0.4, 0.5) is 0 Å². The van der Waals surface area contributed by atoms with E-state index in [1.165, 1.54) is 16.8 Å². The lowest BCUT2D eigenvalue weighted by molar-refractivity contribution is 0.289. The van der Waals surface area contributed by atoms with Crippen LogP contribution >= 0.6 is 0 Å². The van der Waals surface area contributed by atoms with E-state index in [9.17, 15) is 8.42 Å². The monoisotopic (exact) mass is 285 g/mol. The van der Waals surface area contributed by atoms with Crippen LogP contribution in [-0.4, -0.2) is 48.2 Å². The Labute approximate surface area is 113 Å². The van der Waals surface area contributed by atoms with E-state index in [0.717, 1.165) is 18.5 Å². The zero-order valence-corrected chi connectivity index (χ0v) is 11.7. The molecule has 6 nitrogen and oxygen atoms in total. The van der Waals surface area contributed by atoms with E-state index in [2.05, 4.69) is 10.3 Å². The summed E-state index contributed by atoms with van der Waals surface area (Å²) in [6.45, 7) is 1.77. The molecule has 2 heterocycles. The first-order valence-electron chi connectivity index (χ1n) is 6.27. The van der Waals surface area contributed by atoms with E-state index >= 15 is 0 Å². The van der Waals surface area contributed by atoms with Gasteiger partial charge in [-0.05, 0) is 25.0 Å². The van der Waals surface area contributed by atoms with Crippen LogP contribution in [0.2, 0.25) is 0 Å². The first-order chi connectivity index (χ1) is 8.95. The molecule has 1 aromatic heterocycles. The van der Waals surface area contributed by atoms with Crippen molar-refractivity contribution in [1.29, 1.82) is 0 Å². The average molecular weight is 285 g/mol. The molecule has 1 aliphatic heterocycles. The van der Waals surface area contributed by atoms with Gasteiger partial charge >= 0.3 is 0 Å². The molecular weight excluding hydrogens is 266 g/mol.